The van der Waals surface area contributed by atoms with Gasteiger partial charge in [-0.1, -0.05) is 0 Å². The number of hydrogen-bond acceptors (Lipinski definition) is 5. The normalized spacial score (nSPS) is 10.8. The molecule has 18 heavy (non-hydrogen) atoms. The third-order valence-corrected chi connectivity index (χ3v) is 3.84. The lowest BCUT2D eigenvalue weighted by atomic mass is 10.1. The average molecular weight is 265 g/mol. The van der Waals surface area contributed by atoms with Gasteiger partial charge in [0.1, 0.15) is 11.6 Å². The number of benzene rings is 1. The van der Waals surface area contributed by atoms with Crippen molar-refractivity contribution in [3.05, 3.63) is 33.9 Å². The molecule has 1 aromatic rings. The molecule has 1 rings (SSSR count). The molecule has 6 heteroatoms. The maximum atomic E-state index is 10.8. The summed E-state index contributed by atoms with van der Waals surface area (Å²) in [5.74, 6) is 0. The summed E-state index contributed by atoms with van der Waals surface area (Å²) in [5, 5.41) is 22.7. The number of rotatable bonds is 5. The third-order valence-electron chi connectivity index (χ3n) is 2.59. The van der Waals surface area contributed by atoms with Gasteiger partial charge in [-0.2, -0.15) is 17.0 Å². The van der Waals surface area contributed by atoms with Crippen LogP contribution in [0.1, 0.15) is 19.4 Å². The number of thioether (sulfide) groups is 1. The highest BCUT2D eigenvalue weighted by Crippen LogP contribution is 2.25. The second kappa shape index (κ2) is 5.74. The van der Waals surface area contributed by atoms with Gasteiger partial charge in [0.05, 0.1) is 4.92 Å². The van der Waals surface area contributed by atoms with Crippen LogP contribution in [-0.2, 0) is 0 Å². The summed E-state index contributed by atoms with van der Waals surface area (Å²) in [5.41, 5.74) is 0.571. The molecule has 0 spiro atoms. The van der Waals surface area contributed by atoms with Gasteiger partial charge in [-0.25, -0.2) is 0 Å². The highest BCUT2D eigenvalue weighted by atomic mass is 32.2. The third kappa shape index (κ3) is 3.64. The molecule has 0 saturated heterocycles. The van der Waals surface area contributed by atoms with E-state index in [1.807, 2.05) is 12.3 Å². The van der Waals surface area contributed by atoms with Crippen LogP contribution in [0.15, 0.2) is 18.2 Å². The van der Waals surface area contributed by atoms with E-state index in [2.05, 4.69) is 19.2 Å². The number of nitro benzene ring substituents is 1. The van der Waals surface area contributed by atoms with Gasteiger partial charge < -0.3 is 5.32 Å². The van der Waals surface area contributed by atoms with Crippen LogP contribution in [0.5, 0.6) is 0 Å². The highest BCUT2D eigenvalue weighted by molar-refractivity contribution is 7.99. The summed E-state index contributed by atoms with van der Waals surface area (Å²) < 4.78 is 0.0443. The van der Waals surface area contributed by atoms with E-state index in [-0.39, 0.29) is 16.0 Å². The van der Waals surface area contributed by atoms with Gasteiger partial charge in [-0.15, -0.1) is 0 Å². The van der Waals surface area contributed by atoms with E-state index in [9.17, 15) is 10.1 Å². The molecule has 0 aliphatic carbocycles. The Morgan fingerprint density at radius 2 is 2.22 bits per heavy atom. The van der Waals surface area contributed by atoms with Crippen molar-refractivity contribution >= 4 is 23.1 Å². The van der Waals surface area contributed by atoms with E-state index in [1.54, 1.807) is 17.8 Å². The van der Waals surface area contributed by atoms with E-state index in [1.165, 1.54) is 12.1 Å². The zero-order valence-electron chi connectivity index (χ0n) is 10.6. The Bertz CT molecular complexity index is 495. The quantitative estimate of drug-likeness (QED) is 0.654. The van der Waals surface area contributed by atoms with Crippen LogP contribution < -0.4 is 5.32 Å². The molecule has 0 aliphatic heterocycles. The number of anilines is 1. The topological polar surface area (TPSA) is 79.0 Å². The van der Waals surface area contributed by atoms with Gasteiger partial charge in [-0.05, 0) is 32.2 Å². The number of nitro groups is 1. The van der Waals surface area contributed by atoms with Crippen LogP contribution >= 0.6 is 11.8 Å². The fourth-order valence-corrected chi connectivity index (χ4v) is 1.49. The van der Waals surface area contributed by atoms with Crippen molar-refractivity contribution in [2.24, 2.45) is 0 Å². The van der Waals surface area contributed by atoms with Gasteiger partial charge in [0.25, 0.3) is 5.69 Å². The molecular weight excluding hydrogens is 250 g/mol. The van der Waals surface area contributed by atoms with E-state index < -0.39 is 4.92 Å². The summed E-state index contributed by atoms with van der Waals surface area (Å²) >= 11 is 1.72. The molecule has 0 bridgehead atoms. The summed E-state index contributed by atoms with van der Waals surface area (Å²) in [7, 11) is 0. The fraction of sp³-hybridized carbons (Fsp3) is 0.417. The van der Waals surface area contributed by atoms with E-state index in [0.717, 1.165) is 0 Å². The molecular formula is C12H15N3O2S. The molecule has 96 valence electrons. The second-order valence-electron chi connectivity index (χ2n) is 4.42. The molecule has 5 nitrogen and oxygen atoms in total. The fourth-order valence-electron chi connectivity index (χ4n) is 1.27. The Kier molecular flexibility index (Phi) is 4.56. The Morgan fingerprint density at radius 1 is 1.56 bits per heavy atom. The first-order chi connectivity index (χ1) is 8.39. The predicted molar refractivity (Wildman–Crippen MR) is 73.9 cm³/mol. The van der Waals surface area contributed by atoms with E-state index in [4.69, 9.17) is 5.26 Å². The molecule has 0 aromatic heterocycles. The summed E-state index contributed by atoms with van der Waals surface area (Å²) in [6.45, 7) is 4.86. The molecule has 0 fully saturated rings. The molecule has 0 atom stereocenters. The maximum absolute atomic E-state index is 10.8. The van der Waals surface area contributed by atoms with Crippen LogP contribution in [-0.4, -0.2) is 22.5 Å². The minimum atomic E-state index is -0.538. The summed E-state index contributed by atoms with van der Waals surface area (Å²) in [6.07, 6.45) is 2.02. The van der Waals surface area contributed by atoms with Crippen LogP contribution in [0, 0.1) is 21.4 Å². The van der Waals surface area contributed by atoms with Gasteiger partial charge >= 0.3 is 0 Å². The Hall–Kier alpha value is -1.74. The second-order valence-corrected chi connectivity index (χ2v) is 5.93. The van der Waals surface area contributed by atoms with Crippen molar-refractivity contribution < 1.29 is 4.92 Å². The molecule has 0 aliphatic rings. The lowest BCUT2D eigenvalue weighted by Crippen LogP contribution is -2.25. The number of nitrogens with one attached hydrogen (secondary N) is 1. The smallest absolute Gasteiger partial charge is 0.289 e. The monoisotopic (exact) mass is 265 g/mol. The van der Waals surface area contributed by atoms with Crippen LogP contribution in [0.3, 0.4) is 0 Å². The minimum Gasteiger partial charge on any atom is -0.383 e. The first-order valence-electron chi connectivity index (χ1n) is 5.37. The maximum Gasteiger partial charge on any atom is 0.289 e. The van der Waals surface area contributed by atoms with Crippen molar-refractivity contribution in [1.82, 2.24) is 0 Å². The number of hydrogen-bond donors (Lipinski definition) is 1. The first kappa shape index (κ1) is 14.3. The Morgan fingerprint density at radius 3 is 2.72 bits per heavy atom. The van der Waals surface area contributed by atoms with Crippen LogP contribution in [0.25, 0.3) is 0 Å². The largest absolute Gasteiger partial charge is 0.383 e. The zero-order chi connectivity index (χ0) is 13.8. The van der Waals surface area contributed by atoms with E-state index in [0.29, 0.717) is 12.2 Å². The summed E-state index contributed by atoms with van der Waals surface area (Å²) in [6, 6.07) is 6.36. The van der Waals surface area contributed by atoms with Crippen LogP contribution in [0.4, 0.5) is 11.4 Å². The van der Waals surface area contributed by atoms with Crippen molar-refractivity contribution in [3.63, 3.8) is 0 Å². The highest BCUT2D eigenvalue weighted by Gasteiger charge is 2.17. The summed E-state index contributed by atoms with van der Waals surface area (Å²) in [4.78, 5) is 10.3. The molecule has 0 unspecified atom stereocenters. The standard InChI is InChI=1S/C12H15N3O2S/c1-12(2,18-3)8-14-10-5-4-9(7-13)11(6-10)15(16)17/h4-6,14H,8H2,1-3H3. The van der Waals surface area contributed by atoms with Gasteiger partial charge in [0.2, 0.25) is 0 Å². The lowest BCUT2D eigenvalue weighted by molar-refractivity contribution is -0.385. The molecule has 0 heterocycles. The molecule has 1 aromatic carbocycles. The van der Waals surface area contributed by atoms with E-state index >= 15 is 0 Å². The van der Waals surface area contributed by atoms with Crippen LogP contribution in [0.2, 0.25) is 0 Å². The number of nitriles is 1. The molecule has 0 amide bonds. The minimum absolute atomic E-state index is 0.0443. The first-order valence-corrected chi connectivity index (χ1v) is 6.59. The van der Waals surface area contributed by atoms with Crippen molar-refractivity contribution in [1.29, 1.82) is 5.26 Å². The molecule has 1 N–H and O–H groups in total. The van der Waals surface area contributed by atoms with Crippen molar-refractivity contribution in [3.8, 4) is 6.07 Å². The lowest BCUT2D eigenvalue weighted by Gasteiger charge is -2.22. The Balaban J connectivity index is 2.90. The molecule has 0 radical (unpaired) electrons. The van der Waals surface area contributed by atoms with Crippen molar-refractivity contribution in [2.45, 2.75) is 18.6 Å². The zero-order valence-corrected chi connectivity index (χ0v) is 11.4. The van der Waals surface area contributed by atoms with Gasteiger partial charge in [-0.3, -0.25) is 10.1 Å². The number of nitrogens with zero attached hydrogens (tertiary/aromatic N) is 2. The molecule has 0 saturated carbocycles. The van der Waals surface area contributed by atoms with Gasteiger partial charge in [0, 0.05) is 23.0 Å². The predicted octanol–water partition coefficient (Wildman–Crippen LogP) is 3.02. The average Bonchev–Trinajstić information content (AvgIpc) is 2.36. The van der Waals surface area contributed by atoms with Crippen molar-refractivity contribution in [2.75, 3.05) is 18.1 Å². The Labute approximate surface area is 110 Å². The SMILES string of the molecule is CSC(C)(C)CNc1ccc(C#N)c([N+](=O)[O-])c1. The van der Waals surface area contributed by atoms with Gasteiger partial charge in [0.15, 0.2) is 0 Å².